The lowest BCUT2D eigenvalue weighted by Gasteiger charge is -2.21. The summed E-state index contributed by atoms with van der Waals surface area (Å²) in [5.41, 5.74) is 3.85. The molecule has 0 radical (unpaired) electrons. The van der Waals surface area contributed by atoms with Gasteiger partial charge in [0, 0.05) is 36.9 Å². The number of carboxylic acid groups (broad SMARTS) is 1. The Bertz CT molecular complexity index is 1420. The fraction of sp³-hybridized carbons (Fsp3) is 0.290. The first kappa shape index (κ1) is 28.6. The average molecular weight is 548 g/mol. The molecule has 1 amide bonds. The lowest BCUT2D eigenvalue weighted by atomic mass is 9.89. The van der Waals surface area contributed by atoms with Crippen molar-refractivity contribution in [3.63, 3.8) is 0 Å². The molecule has 0 saturated heterocycles. The van der Waals surface area contributed by atoms with Crippen LogP contribution in [0.2, 0.25) is 0 Å². The number of amides is 1. The number of halogens is 2. The molecule has 4 rings (SSSR count). The molecule has 1 N–H and O–H groups in total. The van der Waals surface area contributed by atoms with E-state index in [1.165, 1.54) is 41.3 Å². The van der Waals surface area contributed by atoms with Gasteiger partial charge in [-0.15, -0.1) is 0 Å². The Morgan fingerprint density at radius 1 is 1.05 bits per heavy atom. The molecule has 208 valence electrons. The van der Waals surface area contributed by atoms with Crippen LogP contribution in [0, 0.1) is 18.6 Å². The molecule has 0 aliphatic carbocycles. The summed E-state index contributed by atoms with van der Waals surface area (Å²) in [6.07, 6.45) is 2.99. The van der Waals surface area contributed by atoms with Crippen molar-refractivity contribution >= 4 is 35.3 Å². The van der Waals surface area contributed by atoms with Gasteiger partial charge in [0.2, 0.25) is 6.41 Å². The van der Waals surface area contributed by atoms with Crippen molar-refractivity contribution < 1.29 is 28.3 Å². The lowest BCUT2D eigenvalue weighted by molar-refractivity contribution is -0.137. The molecule has 0 saturated carbocycles. The van der Waals surface area contributed by atoms with Crippen LogP contribution in [0.15, 0.2) is 76.9 Å². The highest BCUT2D eigenvalue weighted by molar-refractivity contribution is 6.11. The number of hydrogen-bond donors (Lipinski definition) is 1. The topological polar surface area (TPSA) is 91.6 Å². The van der Waals surface area contributed by atoms with Gasteiger partial charge in [0.1, 0.15) is 23.1 Å². The number of benzene rings is 3. The van der Waals surface area contributed by atoms with Crippen LogP contribution in [0.3, 0.4) is 0 Å². The molecule has 1 heterocycles. The number of hydrogen-bond acceptors (Lipinski definition) is 5. The zero-order chi connectivity index (χ0) is 28.7. The Labute approximate surface area is 231 Å². The lowest BCUT2D eigenvalue weighted by Crippen LogP contribution is -2.29. The molecular formula is C31H31F2N3O4. The highest BCUT2D eigenvalue weighted by Gasteiger charge is 2.35. The second-order valence-corrected chi connectivity index (χ2v) is 10.1. The number of carboxylic acids is 1. The number of oxime groups is 1. The van der Waals surface area contributed by atoms with Crippen LogP contribution < -0.4 is 4.90 Å². The maximum Gasteiger partial charge on any atom is 0.303 e. The number of carbonyl (C=O) groups is 2. The van der Waals surface area contributed by atoms with Gasteiger partial charge in [0.05, 0.1) is 11.4 Å². The van der Waals surface area contributed by atoms with Gasteiger partial charge in [0.25, 0.3) is 0 Å². The van der Waals surface area contributed by atoms with Crippen LogP contribution >= 0.6 is 0 Å². The Morgan fingerprint density at radius 2 is 1.70 bits per heavy atom. The normalized spacial score (nSPS) is 16.8. The Kier molecular flexibility index (Phi) is 9.04. The van der Waals surface area contributed by atoms with E-state index in [9.17, 15) is 18.4 Å². The molecule has 0 bridgehead atoms. The molecule has 0 spiro atoms. The number of aliphatic carboxylic acids is 1. The zero-order valence-electron chi connectivity index (χ0n) is 22.4. The van der Waals surface area contributed by atoms with Gasteiger partial charge in [0.15, 0.2) is 0 Å². The molecule has 1 atom stereocenters. The van der Waals surface area contributed by atoms with Crippen LogP contribution in [-0.4, -0.2) is 34.6 Å². The SMILES string of the molecule is Cc1ccc(C2=NOC(C)(Cc3ccc(F)cc3)C2)cc1N=C(CCCCC(=O)O)N(C=O)c1ccc(F)cc1. The predicted molar refractivity (Wildman–Crippen MR) is 150 cm³/mol. The number of rotatable bonds is 11. The van der Waals surface area contributed by atoms with E-state index >= 15 is 0 Å². The Hall–Kier alpha value is -4.40. The van der Waals surface area contributed by atoms with Crippen molar-refractivity contribution in [1.82, 2.24) is 0 Å². The van der Waals surface area contributed by atoms with Gasteiger partial charge < -0.3 is 9.94 Å². The molecule has 9 heteroatoms. The maximum absolute atomic E-state index is 13.5. The summed E-state index contributed by atoms with van der Waals surface area (Å²) in [6, 6.07) is 17.6. The average Bonchev–Trinajstić information content (AvgIpc) is 3.31. The number of anilines is 1. The number of unbranched alkanes of at least 4 members (excludes halogenated alkanes) is 1. The molecule has 0 fully saturated rings. The summed E-state index contributed by atoms with van der Waals surface area (Å²) in [4.78, 5) is 35.1. The smallest absolute Gasteiger partial charge is 0.303 e. The van der Waals surface area contributed by atoms with Gasteiger partial charge in [-0.2, -0.15) is 0 Å². The number of amidine groups is 1. The molecular weight excluding hydrogens is 516 g/mol. The fourth-order valence-electron chi connectivity index (χ4n) is 4.58. The first-order valence-corrected chi connectivity index (χ1v) is 13.1. The van der Waals surface area contributed by atoms with Crippen LogP contribution in [0.4, 0.5) is 20.2 Å². The monoisotopic (exact) mass is 547 g/mol. The highest BCUT2D eigenvalue weighted by Crippen LogP contribution is 2.32. The maximum atomic E-state index is 13.5. The molecule has 1 aliphatic heterocycles. The van der Waals surface area contributed by atoms with E-state index in [-0.39, 0.29) is 12.2 Å². The van der Waals surface area contributed by atoms with Crippen LogP contribution in [0.1, 0.15) is 55.7 Å². The van der Waals surface area contributed by atoms with Gasteiger partial charge in [-0.1, -0.05) is 29.4 Å². The third kappa shape index (κ3) is 7.37. The first-order valence-electron chi connectivity index (χ1n) is 13.1. The summed E-state index contributed by atoms with van der Waals surface area (Å²) in [5.74, 6) is -1.19. The van der Waals surface area contributed by atoms with Crippen LogP contribution in [0.5, 0.6) is 0 Å². The van der Waals surface area contributed by atoms with E-state index in [1.807, 2.05) is 32.0 Å². The summed E-state index contributed by atoms with van der Waals surface area (Å²) in [6.45, 7) is 3.86. The van der Waals surface area contributed by atoms with Crippen molar-refractivity contribution in [2.24, 2.45) is 10.1 Å². The molecule has 3 aromatic carbocycles. The number of aryl methyl sites for hydroxylation is 1. The van der Waals surface area contributed by atoms with Crippen molar-refractivity contribution in [2.45, 2.75) is 58.0 Å². The van der Waals surface area contributed by atoms with Gasteiger partial charge in [-0.05, 0) is 80.3 Å². The van der Waals surface area contributed by atoms with Crippen LogP contribution in [-0.2, 0) is 20.8 Å². The van der Waals surface area contributed by atoms with E-state index in [0.29, 0.717) is 55.7 Å². The molecule has 3 aromatic rings. The predicted octanol–water partition coefficient (Wildman–Crippen LogP) is 6.74. The number of aliphatic imine (C=N–C) groups is 1. The Morgan fingerprint density at radius 3 is 2.35 bits per heavy atom. The first-order chi connectivity index (χ1) is 19.2. The summed E-state index contributed by atoms with van der Waals surface area (Å²) in [5, 5.41) is 13.3. The number of carbonyl (C=O) groups excluding carboxylic acids is 1. The quantitative estimate of drug-likeness (QED) is 0.125. The number of nitrogens with zero attached hydrogens (tertiary/aromatic N) is 3. The standard InChI is InChI=1S/C31H31F2N3O4/c1-21-7-10-23(28-19-31(2,40-35-28)18-22-8-11-24(32)12-9-22)17-27(21)34-29(5-3-4-6-30(38)39)36(20-37)26-15-13-25(33)14-16-26/h7-17,20H,3-6,18-19H2,1-2H3,(H,38,39). The van der Waals surface area contributed by atoms with Gasteiger partial charge >= 0.3 is 5.97 Å². The minimum atomic E-state index is -0.890. The Balaban J connectivity index is 1.59. The minimum absolute atomic E-state index is 0.00987. The molecule has 1 aliphatic rings. The van der Waals surface area contributed by atoms with Crippen molar-refractivity contribution in [1.29, 1.82) is 0 Å². The van der Waals surface area contributed by atoms with E-state index in [0.717, 1.165) is 22.4 Å². The molecule has 7 nitrogen and oxygen atoms in total. The largest absolute Gasteiger partial charge is 0.481 e. The van der Waals surface area contributed by atoms with E-state index in [4.69, 9.17) is 14.9 Å². The minimum Gasteiger partial charge on any atom is -0.481 e. The second kappa shape index (κ2) is 12.6. The molecule has 1 unspecified atom stereocenters. The molecule has 40 heavy (non-hydrogen) atoms. The van der Waals surface area contributed by atoms with E-state index < -0.39 is 17.4 Å². The summed E-state index contributed by atoms with van der Waals surface area (Å²) < 4.78 is 26.9. The van der Waals surface area contributed by atoms with Crippen molar-refractivity contribution in [2.75, 3.05) is 4.90 Å². The second-order valence-electron chi connectivity index (χ2n) is 10.1. The van der Waals surface area contributed by atoms with Gasteiger partial charge in [-0.25, -0.2) is 13.8 Å². The summed E-state index contributed by atoms with van der Waals surface area (Å²) >= 11 is 0. The van der Waals surface area contributed by atoms with Gasteiger partial charge in [-0.3, -0.25) is 14.5 Å². The van der Waals surface area contributed by atoms with Crippen molar-refractivity contribution in [3.05, 3.63) is 95.1 Å². The van der Waals surface area contributed by atoms with E-state index in [2.05, 4.69) is 5.16 Å². The fourth-order valence-corrected chi connectivity index (χ4v) is 4.58. The van der Waals surface area contributed by atoms with E-state index in [1.54, 1.807) is 12.1 Å². The zero-order valence-corrected chi connectivity index (χ0v) is 22.4. The third-order valence-electron chi connectivity index (χ3n) is 6.73. The highest BCUT2D eigenvalue weighted by atomic mass is 19.1. The third-order valence-corrected chi connectivity index (χ3v) is 6.73. The van der Waals surface area contributed by atoms with Crippen LogP contribution in [0.25, 0.3) is 0 Å². The molecule has 0 aromatic heterocycles. The summed E-state index contributed by atoms with van der Waals surface area (Å²) in [7, 11) is 0. The van der Waals surface area contributed by atoms with Crippen molar-refractivity contribution in [3.8, 4) is 0 Å².